The van der Waals surface area contributed by atoms with Crippen molar-refractivity contribution >= 4 is 22.4 Å². The molecule has 1 amide bonds. The molecule has 1 saturated heterocycles. The first-order valence-corrected chi connectivity index (χ1v) is 12.0. The summed E-state index contributed by atoms with van der Waals surface area (Å²) in [5, 5.41) is 1.04. The molecule has 0 saturated carbocycles. The third-order valence-electron chi connectivity index (χ3n) is 7.07. The van der Waals surface area contributed by atoms with Crippen LogP contribution in [0.2, 0.25) is 0 Å². The van der Waals surface area contributed by atoms with E-state index in [-0.39, 0.29) is 5.91 Å². The van der Waals surface area contributed by atoms with Crippen molar-refractivity contribution < 1.29 is 13.9 Å². The van der Waals surface area contributed by atoms with Gasteiger partial charge in [0.05, 0.1) is 13.4 Å². The Morgan fingerprint density at radius 2 is 1.97 bits per heavy atom. The van der Waals surface area contributed by atoms with Crippen LogP contribution in [0.4, 0.5) is 0 Å². The summed E-state index contributed by atoms with van der Waals surface area (Å²) in [4.78, 5) is 15.2. The Labute approximate surface area is 197 Å². The molecule has 0 N–H and O–H groups in total. The van der Waals surface area contributed by atoms with E-state index in [1.807, 2.05) is 25.0 Å². The molecule has 4 nitrogen and oxygen atoms in total. The summed E-state index contributed by atoms with van der Waals surface area (Å²) in [6.45, 7) is 11.3. The van der Waals surface area contributed by atoms with Gasteiger partial charge in [-0.3, -0.25) is 4.79 Å². The van der Waals surface area contributed by atoms with Crippen LogP contribution in [0.5, 0.6) is 5.75 Å². The Kier molecular flexibility index (Phi) is 6.64. The summed E-state index contributed by atoms with van der Waals surface area (Å²) >= 11 is 0. The van der Waals surface area contributed by atoms with Gasteiger partial charge in [0, 0.05) is 40.7 Å². The molecule has 0 radical (unpaired) electrons. The first-order valence-electron chi connectivity index (χ1n) is 12.0. The van der Waals surface area contributed by atoms with Crippen LogP contribution >= 0.6 is 0 Å². The van der Waals surface area contributed by atoms with E-state index in [0.717, 1.165) is 70.4 Å². The lowest BCUT2D eigenvalue weighted by atomic mass is 9.94. The van der Waals surface area contributed by atoms with E-state index in [1.54, 1.807) is 13.2 Å². The fourth-order valence-corrected chi connectivity index (χ4v) is 5.26. The number of rotatable bonds is 5. The Hall–Kier alpha value is -3.01. The quantitative estimate of drug-likeness (QED) is 0.389. The van der Waals surface area contributed by atoms with Crippen LogP contribution in [-0.2, 0) is 4.79 Å². The number of allylic oxidation sites excluding steroid dienone is 1. The number of methoxy groups -OCH3 is 1. The van der Waals surface area contributed by atoms with Gasteiger partial charge in [0.25, 0.3) is 0 Å². The molecule has 0 spiro atoms. The molecule has 0 bridgehead atoms. The molecule has 1 aliphatic rings. The van der Waals surface area contributed by atoms with Crippen LogP contribution in [0.15, 0.2) is 41.0 Å². The molecule has 1 aliphatic heterocycles. The molecule has 2 aromatic carbocycles. The number of hydrogen-bond donors (Lipinski definition) is 0. The van der Waals surface area contributed by atoms with Crippen molar-refractivity contribution in [3.63, 3.8) is 0 Å². The zero-order valence-corrected chi connectivity index (χ0v) is 20.7. The van der Waals surface area contributed by atoms with Crippen LogP contribution in [0, 0.1) is 20.8 Å². The van der Waals surface area contributed by atoms with E-state index in [2.05, 4.69) is 45.0 Å². The van der Waals surface area contributed by atoms with Crippen molar-refractivity contribution in [3.8, 4) is 16.9 Å². The van der Waals surface area contributed by atoms with Crippen LogP contribution < -0.4 is 4.74 Å². The fraction of sp³-hybridized carbons (Fsp3) is 0.414. The number of fused-ring (bicyclic) bond motifs is 1. The number of nitrogens with zero attached hydrogens (tertiary/aromatic N) is 1. The highest BCUT2D eigenvalue weighted by Crippen LogP contribution is 2.41. The highest BCUT2D eigenvalue weighted by molar-refractivity contribution is 6.02. The highest BCUT2D eigenvalue weighted by Gasteiger charge is 2.25. The van der Waals surface area contributed by atoms with E-state index in [1.165, 1.54) is 17.5 Å². The van der Waals surface area contributed by atoms with Crippen molar-refractivity contribution in [2.24, 2.45) is 0 Å². The van der Waals surface area contributed by atoms with Gasteiger partial charge in [0.1, 0.15) is 11.3 Å². The number of aryl methyl sites for hydroxylation is 3. The Morgan fingerprint density at radius 1 is 1.18 bits per heavy atom. The summed E-state index contributed by atoms with van der Waals surface area (Å²) in [5.41, 5.74) is 8.30. The van der Waals surface area contributed by atoms with Gasteiger partial charge < -0.3 is 14.1 Å². The van der Waals surface area contributed by atoms with Crippen LogP contribution in [0.1, 0.15) is 61.8 Å². The molecule has 33 heavy (non-hydrogen) atoms. The lowest BCUT2D eigenvalue weighted by molar-refractivity contribution is -0.129. The summed E-state index contributed by atoms with van der Waals surface area (Å²) in [6.07, 6.45) is 8.00. The monoisotopic (exact) mass is 445 g/mol. The number of likely N-dealkylation sites (tertiary alicyclic amines) is 1. The third-order valence-corrected chi connectivity index (χ3v) is 7.07. The molecular weight excluding hydrogens is 410 g/mol. The molecule has 3 aromatic rings. The number of amides is 1. The number of ether oxygens (including phenoxy) is 1. The summed E-state index contributed by atoms with van der Waals surface area (Å²) in [7, 11) is 1.68. The fourth-order valence-electron chi connectivity index (χ4n) is 5.26. The molecule has 1 atom stereocenters. The third kappa shape index (κ3) is 4.31. The Bertz CT molecular complexity index is 1220. The smallest absolute Gasteiger partial charge is 0.247 e. The first kappa shape index (κ1) is 23.2. The maximum atomic E-state index is 13.2. The van der Waals surface area contributed by atoms with Crippen LogP contribution in [0.3, 0.4) is 0 Å². The second kappa shape index (κ2) is 9.46. The molecule has 1 unspecified atom stereocenters. The maximum absolute atomic E-state index is 13.2. The number of carbonyl (C=O) groups is 1. The summed E-state index contributed by atoms with van der Waals surface area (Å²) in [6, 6.07) is 8.93. The van der Waals surface area contributed by atoms with E-state index in [9.17, 15) is 4.79 Å². The van der Waals surface area contributed by atoms with Gasteiger partial charge in [-0.15, -0.1) is 0 Å². The predicted octanol–water partition coefficient (Wildman–Crippen LogP) is 7.23. The average Bonchev–Trinajstić information content (AvgIpc) is 3.23. The van der Waals surface area contributed by atoms with Gasteiger partial charge >= 0.3 is 0 Å². The standard InChI is InChI=1S/C29H35NO3/c1-7-22-10-8-9-13-30(22)27(31)15-20(4)24-16-25-26(23-12-11-18(2)14-19(23)3)17-33-29(25)21(5)28(24)32-6/h11-12,14-17,22H,7-10,13H2,1-6H3/b20-15+. The number of hydrogen-bond acceptors (Lipinski definition) is 3. The van der Waals surface area contributed by atoms with Gasteiger partial charge in [0.2, 0.25) is 5.91 Å². The molecule has 4 rings (SSSR count). The normalized spacial score (nSPS) is 17.0. The van der Waals surface area contributed by atoms with Gasteiger partial charge in [-0.1, -0.05) is 30.7 Å². The van der Waals surface area contributed by atoms with Crippen molar-refractivity contribution in [1.82, 2.24) is 4.90 Å². The number of piperidine rings is 1. The molecule has 0 aliphatic carbocycles. The zero-order chi connectivity index (χ0) is 23.7. The predicted molar refractivity (Wildman–Crippen MR) is 136 cm³/mol. The van der Waals surface area contributed by atoms with Crippen LogP contribution in [0.25, 0.3) is 27.7 Å². The van der Waals surface area contributed by atoms with Crippen molar-refractivity contribution in [3.05, 3.63) is 58.9 Å². The topological polar surface area (TPSA) is 42.7 Å². The number of benzene rings is 2. The average molecular weight is 446 g/mol. The van der Waals surface area contributed by atoms with E-state index < -0.39 is 0 Å². The van der Waals surface area contributed by atoms with Crippen molar-refractivity contribution in [2.75, 3.05) is 13.7 Å². The second-order valence-electron chi connectivity index (χ2n) is 9.34. The molecule has 2 heterocycles. The van der Waals surface area contributed by atoms with Crippen molar-refractivity contribution in [2.45, 2.75) is 66.3 Å². The summed E-state index contributed by atoms with van der Waals surface area (Å²) in [5.74, 6) is 0.858. The van der Waals surface area contributed by atoms with Crippen molar-refractivity contribution in [1.29, 1.82) is 0 Å². The molecule has 1 fully saturated rings. The van der Waals surface area contributed by atoms with E-state index >= 15 is 0 Å². The van der Waals surface area contributed by atoms with Crippen LogP contribution in [-0.4, -0.2) is 30.5 Å². The molecule has 174 valence electrons. The summed E-state index contributed by atoms with van der Waals surface area (Å²) < 4.78 is 11.8. The second-order valence-corrected chi connectivity index (χ2v) is 9.34. The van der Waals surface area contributed by atoms with Gasteiger partial charge in [-0.2, -0.15) is 0 Å². The Morgan fingerprint density at radius 3 is 2.67 bits per heavy atom. The zero-order valence-electron chi connectivity index (χ0n) is 20.7. The minimum atomic E-state index is 0.0978. The van der Waals surface area contributed by atoms with E-state index in [4.69, 9.17) is 9.15 Å². The minimum Gasteiger partial charge on any atom is -0.496 e. The minimum absolute atomic E-state index is 0.0978. The van der Waals surface area contributed by atoms with Gasteiger partial charge in [-0.25, -0.2) is 0 Å². The molecular formula is C29H35NO3. The maximum Gasteiger partial charge on any atom is 0.247 e. The SMILES string of the molecule is CCC1CCCCN1C(=O)/C=C(\C)c1cc2c(-c3ccc(C)cc3C)coc2c(C)c1OC. The number of carbonyl (C=O) groups excluding carboxylic acids is 1. The molecule has 4 heteroatoms. The highest BCUT2D eigenvalue weighted by atomic mass is 16.5. The molecule has 1 aromatic heterocycles. The largest absolute Gasteiger partial charge is 0.496 e. The Balaban J connectivity index is 1.81. The first-order chi connectivity index (χ1) is 15.8. The lowest BCUT2D eigenvalue weighted by Gasteiger charge is -2.34. The number of furan rings is 1. The van der Waals surface area contributed by atoms with Gasteiger partial charge in [0.15, 0.2) is 0 Å². The van der Waals surface area contributed by atoms with Gasteiger partial charge in [-0.05, 0) is 76.1 Å². The lowest BCUT2D eigenvalue weighted by Crippen LogP contribution is -2.42. The van der Waals surface area contributed by atoms with E-state index in [0.29, 0.717) is 6.04 Å².